The average molecular weight is 249 g/mol. The van der Waals surface area contributed by atoms with Gasteiger partial charge >= 0.3 is 0 Å². The van der Waals surface area contributed by atoms with E-state index in [4.69, 9.17) is 0 Å². The first-order valence-corrected chi connectivity index (χ1v) is 8.02. The fourth-order valence-electron chi connectivity index (χ4n) is 4.41. The van der Waals surface area contributed by atoms with Crippen molar-refractivity contribution in [1.29, 1.82) is 0 Å². The highest BCUT2D eigenvalue weighted by molar-refractivity contribution is 5.15. The highest BCUT2D eigenvalue weighted by atomic mass is 15.1. The Labute approximate surface area is 113 Å². The molecule has 0 aromatic carbocycles. The molecular weight excluding hydrogens is 218 g/mol. The zero-order valence-electron chi connectivity index (χ0n) is 12.5. The number of rotatable bonds is 7. The van der Waals surface area contributed by atoms with Crippen LogP contribution in [0.1, 0.15) is 65.7 Å². The van der Waals surface area contributed by atoms with Gasteiger partial charge in [-0.25, -0.2) is 0 Å². The molecule has 5 unspecified atom stereocenters. The van der Waals surface area contributed by atoms with Gasteiger partial charge in [-0.2, -0.15) is 0 Å². The summed E-state index contributed by atoms with van der Waals surface area (Å²) in [4.78, 5) is 0. The molecule has 0 aromatic rings. The third-order valence-corrected chi connectivity index (χ3v) is 5.59. The lowest BCUT2D eigenvalue weighted by Crippen LogP contribution is -2.70. The van der Waals surface area contributed by atoms with E-state index in [1.54, 1.807) is 0 Å². The third-order valence-electron chi connectivity index (χ3n) is 5.59. The van der Waals surface area contributed by atoms with Gasteiger partial charge in [0.25, 0.3) is 0 Å². The summed E-state index contributed by atoms with van der Waals surface area (Å²) < 4.78 is 0. The van der Waals surface area contributed by atoms with Crippen LogP contribution in [-0.2, 0) is 0 Å². The number of fused-ring (bicyclic) bond motifs is 1. The Hall–Kier alpha value is -0.300. The standard InChI is InChI=1S/C17H31N/c1-5-8-13(3)11-12-14(6-2)17(4)15-9-7-10-16(15)18-17/h6,13-16,18H,2,5,7-12H2,1,3-4H3. The zero-order chi connectivity index (χ0) is 13.2. The summed E-state index contributed by atoms with van der Waals surface area (Å²) in [6.07, 6.45) is 11.9. The van der Waals surface area contributed by atoms with Gasteiger partial charge in [0.15, 0.2) is 0 Å². The average Bonchev–Trinajstić information content (AvgIpc) is 2.72. The fourth-order valence-corrected chi connectivity index (χ4v) is 4.41. The molecule has 1 nitrogen and oxygen atoms in total. The molecule has 0 radical (unpaired) electrons. The van der Waals surface area contributed by atoms with E-state index in [1.165, 1.54) is 44.9 Å². The Morgan fingerprint density at radius 1 is 1.33 bits per heavy atom. The Bertz CT molecular complexity index is 285. The molecule has 1 aliphatic heterocycles. The maximum Gasteiger partial charge on any atom is 0.0261 e. The summed E-state index contributed by atoms with van der Waals surface area (Å²) in [5, 5.41) is 3.85. The zero-order valence-corrected chi connectivity index (χ0v) is 12.5. The first-order chi connectivity index (χ1) is 8.61. The summed E-state index contributed by atoms with van der Waals surface area (Å²) in [7, 11) is 0. The molecule has 1 heteroatoms. The molecule has 1 saturated carbocycles. The monoisotopic (exact) mass is 249 g/mol. The first-order valence-electron chi connectivity index (χ1n) is 8.02. The summed E-state index contributed by atoms with van der Waals surface area (Å²) in [6.45, 7) is 11.2. The lowest BCUT2D eigenvalue weighted by atomic mass is 9.64. The van der Waals surface area contributed by atoms with Crippen LogP contribution >= 0.6 is 0 Å². The smallest absolute Gasteiger partial charge is 0.0261 e. The second-order valence-corrected chi connectivity index (χ2v) is 6.88. The van der Waals surface area contributed by atoms with E-state index in [1.807, 2.05) is 0 Å². The van der Waals surface area contributed by atoms with E-state index in [-0.39, 0.29) is 0 Å². The molecule has 104 valence electrons. The van der Waals surface area contributed by atoms with Crippen LogP contribution in [0.3, 0.4) is 0 Å². The summed E-state index contributed by atoms with van der Waals surface area (Å²) in [5.41, 5.74) is 0.356. The Morgan fingerprint density at radius 3 is 2.72 bits per heavy atom. The van der Waals surface area contributed by atoms with Crippen molar-refractivity contribution in [3.63, 3.8) is 0 Å². The van der Waals surface area contributed by atoms with Crippen molar-refractivity contribution in [3.8, 4) is 0 Å². The van der Waals surface area contributed by atoms with Gasteiger partial charge in [0.05, 0.1) is 0 Å². The molecule has 0 amide bonds. The van der Waals surface area contributed by atoms with Crippen LogP contribution < -0.4 is 5.32 Å². The lowest BCUT2D eigenvalue weighted by Gasteiger charge is -2.56. The van der Waals surface area contributed by atoms with Gasteiger partial charge in [-0.1, -0.05) is 45.6 Å². The predicted octanol–water partition coefficient (Wildman–Crippen LogP) is 4.54. The maximum absolute atomic E-state index is 4.11. The van der Waals surface area contributed by atoms with E-state index < -0.39 is 0 Å². The molecule has 18 heavy (non-hydrogen) atoms. The van der Waals surface area contributed by atoms with Crippen molar-refractivity contribution >= 4 is 0 Å². The van der Waals surface area contributed by atoms with Gasteiger partial charge in [-0.15, -0.1) is 6.58 Å². The molecule has 0 spiro atoms. The van der Waals surface area contributed by atoms with Crippen LogP contribution in [0.5, 0.6) is 0 Å². The molecule has 0 bridgehead atoms. The second-order valence-electron chi connectivity index (χ2n) is 6.88. The quantitative estimate of drug-likeness (QED) is 0.653. The Morgan fingerprint density at radius 2 is 2.11 bits per heavy atom. The minimum absolute atomic E-state index is 0.356. The summed E-state index contributed by atoms with van der Waals surface area (Å²) in [6, 6.07) is 0.825. The Balaban J connectivity index is 1.87. The lowest BCUT2D eigenvalue weighted by molar-refractivity contribution is 0.0297. The molecule has 2 aliphatic rings. The van der Waals surface area contributed by atoms with Crippen molar-refractivity contribution in [2.45, 2.75) is 77.3 Å². The predicted molar refractivity (Wildman–Crippen MR) is 79.7 cm³/mol. The summed E-state index contributed by atoms with van der Waals surface area (Å²) >= 11 is 0. The molecule has 1 aliphatic carbocycles. The van der Waals surface area contributed by atoms with E-state index in [2.05, 4.69) is 38.7 Å². The maximum atomic E-state index is 4.11. The van der Waals surface area contributed by atoms with Crippen LogP contribution in [0.2, 0.25) is 0 Å². The summed E-state index contributed by atoms with van der Waals surface area (Å²) in [5.74, 6) is 2.46. The van der Waals surface area contributed by atoms with Gasteiger partial charge in [-0.3, -0.25) is 0 Å². The largest absolute Gasteiger partial charge is 0.307 e. The third kappa shape index (κ3) is 2.52. The SMILES string of the molecule is C=CC(CCC(C)CCC)C1(C)NC2CCCC21. The van der Waals surface area contributed by atoms with Gasteiger partial charge in [-0.05, 0) is 43.9 Å². The van der Waals surface area contributed by atoms with Crippen LogP contribution in [-0.4, -0.2) is 11.6 Å². The fraction of sp³-hybridized carbons (Fsp3) is 0.882. The molecule has 1 saturated heterocycles. The molecule has 1 N–H and O–H groups in total. The molecule has 2 fully saturated rings. The minimum Gasteiger partial charge on any atom is -0.307 e. The molecule has 0 aromatic heterocycles. The topological polar surface area (TPSA) is 12.0 Å². The second kappa shape index (κ2) is 5.77. The van der Waals surface area contributed by atoms with Crippen molar-refractivity contribution in [3.05, 3.63) is 12.7 Å². The highest BCUT2D eigenvalue weighted by Gasteiger charge is 2.54. The molecule has 5 atom stereocenters. The van der Waals surface area contributed by atoms with Crippen molar-refractivity contribution < 1.29 is 0 Å². The van der Waals surface area contributed by atoms with Gasteiger partial charge < -0.3 is 5.32 Å². The molecule has 2 rings (SSSR count). The number of hydrogen-bond donors (Lipinski definition) is 1. The molecule has 1 heterocycles. The normalized spacial score (nSPS) is 37.7. The van der Waals surface area contributed by atoms with Crippen LogP contribution in [0.15, 0.2) is 12.7 Å². The first kappa shape index (κ1) is 14.1. The van der Waals surface area contributed by atoms with Crippen molar-refractivity contribution in [1.82, 2.24) is 5.32 Å². The van der Waals surface area contributed by atoms with Crippen molar-refractivity contribution in [2.75, 3.05) is 0 Å². The van der Waals surface area contributed by atoms with E-state index in [0.717, 1.165) is 17.9 Å². The van der Waals surface area contributed by atoms with Crippen LogP contribution in [0, 0.1) is 17.8 Å². The Kier molecular flexibility index (Phi) is 4.53. The van der Waals surface area contributed by atoms with Gasteiger partial charge in [0.2, 0.25) is 0 Å². The number of hydrogen-bond acceptors (Lipinski definition) is 1. The highest BCUT2D eigenvalue weighted by Crippen LogP contribution is 2.48. The minimum atomic E-state index is 0.356. The van der Waals surface area contributed by atoms with E-state index >= 15 is 0 Å². The van der Waals surface area contributed by atoms with Crippen molar-refractivity contribution in [2.24, 2.45) is 17.8 Å². The van der Waals surface area contributed by atoms with E-state index in [0.29, 0.717) is 11.5 Å². The van der Waals surface area contributed by atoms with E-state index in [9.17, 15) is 0 Å². The van der Waals surface area contributed by atoms with Gasteiger partial charge in [0.1, 0.15) is 0 Å². The van der Waals surface area contributed by atoms with Crippen LogP contribution in [0.4, 0.5) is 0 Å². The van der Waals surface area contributed by atoms with Crippen LogP contribution in [0.25, 0.3) is 0 Å². The number of nitrogens with one attached hydrogen (secondary N) is 1. The molecular formula is C17H31N. The van der Waals surface area contributed by atoms with Gasteiger partial charge in [0, 0.05) is 11.6 Å².